The van der Waals surface area contributed by atoms with E-state index in [1.165, 1.54) is 29.6 Å². The molecule has 0 aliphatic carbocycles. The Bertz CT molecular complexity index is 929. The van der Waals surface area contributed by atoms with Gasteiger partial charge < -0.3 is 14.2 Å². The van der Waals surface area contributed by atoms with Crippen LogP contribution in [0.15, 0.2) is 53.9 Å². The van der Waals surface area contributed by atoms with Gasteiger partial charge in [-0.1, -0.05) is 17.7 Å². The van der Waals surface area contributed by atoms with Crippen molar-refractivity contribution < 1.29 is 22.6 Å². The van der Waals surface area contributed by atoms with Crippen molar-refractivity contribution in [3.63, 3.8) is 0 Å². The summed E-state index contributed by atoms with van der Waals surface area (Å²) in [6, 6.07) is 9.33. The normalized spacial score (nSPS) is 13.2. The molecule has 0 saturated carbocycles. The summed E-state index contributed by atoms with van der Waals surface area (Å²) in [4.78, 5) is 0.0931. The summed E-state index contributed by atoms with van der Waals surface area (Å²) in [5.74, 6) is 1.40. The first-order valence-corrected chi connectivity index (χ1v) is 9.66. The van der Waals surface area contributed by atoms with E-state index in [0.29, 0.717) is 41.2 Å². The zero-order chi connectivity index (χ0) is 18.7. The summed E-state index contributed by atoms with van der Waals surface area (Å²) in [6.45, 7) is 4.55. The van der Waals surface area contributed by atoms with Gasteiger partial charge in [-0.15, -0.1) is 6.58 Å². The maximum atomic E-state index is 13.2. The first-order chi connectivity index (χ1) is 12.5. The van der Waals surface area contributed by atoms with Gasteiger partial charge in [-0.25, -0.2) is 8.42 Å². The first-order valence-electron chi connectivity index (χ1n) is 7.84. The van der Waals surface area contributed by atoms with E-state index in [9.17, 15) is 8.42 Å². The highest BCUT2D eigenvalue weighted by atomic mass is 35.5. The fraction of sp³-hybridized carbons (Fsp3) is 0.222. The minimum Gasteiger partial charge on any atom is -0.495 e. The minimum absolute atomic E-state index is 0.0828. The molecule has 1 aliphatic rings. The molecule has 0 bridgehead atoms. The number of halogens is 1. The second-order valence-corrected chi connectivity index (χ2v) is 7.72. The van der Waals surface area contributed by atoms with E-state index in [-0.39, 0.29) is 11.4 Å². The molecule has 0 saturated heterocycles. The SMILES string of the molecule is C=CCN(c1ccc(OC)c(Cl)c1)S(=O)(=O)c1ccc2c(c1)OCCO2. The van der Waals surface area contributed by atoms with Crippen LogP contribution < -0.4 is 18.5 Å². The lowest BCUT2D eigenvalue weighted by Crippen LogP contribution is -2.31. The Labute approximate surface area is 157 Å². The van der Waals surface area contributed by atoms with Gasteiger partial charge in [0.05, 0.1) is 29.3 Å². The molecule has 138 valence electrons. The topological polar surface area (TPSA) is 65.1 Å². The highest BCUT2D eigenvalue weighted by Gasteiger charge is 2.26. The first kappa shape index (κ1) is 18.4. The Morgan fingerprint density at radius 2 is 1.92 bits per heavy atom. The Balaban J connectivity index is 2.03. The van der Waals surface area contributed by atoms with Crippen molar-refractivity contribution in [3.05, 3.63) is 54.1 Å². The summed E-state index contributed by atoms with van der Waals surface area (Å²) >= 11 is 6.16. The molecule has 0 fully saturated rings. The second kappa shape index (κ2) is 7.47. The third kappa shape index (κ3) is 3.45. The molecule has 3 rings (SSSR count). The van der Waals surface area contributed by atoms with E-state index in [1.54, 1.807) is 24.3 Å². The lowest BCUT2D eigenvalue weighted by Gasteiger charge is -2.25. The Morgan fingerprint density at radius 1 is 1.19 bits per heavy atom. The van der Waals surface area contributed by atoms with Crippen LogP contribution in [0.4, 0.5) is 5.69 Å². The minimum atomic E-state index is -3.86. The van der Waals surface area contributed by atoms with Crippen molar-refractivity contribution >= 4 is 27.3 Å². The molecule has 2 aromatic carbocycles. The van der Waals surface area contributed by atoms with Gasteiger partial charge in [0.15, 0.2) is 11.5 Å². The van der Waals surface area contributed by atoms with E-state index in [1.807, 2.05) is 0 Å². The molecule has 1 aliphatic heterocycles. The monoisotopic (exact) mass is 395 g/mol. The quantitative estimate of drug-likeness (QED) is 0.700. The van der Waals surface area contributed by atoms with Gasteiger partial charge in [0.2, 0.25) is 0 Å². The molecule has 6 nitrogen and oxygen atoms in total. The van der Waals surface area contributed by atoms with E-state index in [4.69, 9.17) is 25.8 Å². The zero-order valence-corrected chi connectivity index (χ0v) is 15.7. The molecule has 0 N–H and O–H groups in total. The van der Waals surface area contributed by atoms with Crippen molar-refractivity contribution in [1.82, 2.24) is 0 Å². The van der Waals surface area contributed by atoms with Gasteiger partial charge in [0, 0.05) is 6.07 Å². The molecule has 0 unspecified atom stereocenters. The number of methoxy groups -OCH3 is 1. The van der Waals surface area contributed by atoms with Crippen LogP contribution in [-0.2, 0) is 10.0 Å². The number of hydrogen-bond acceptors (Lipinski definition) is 5. The molecule has 0 atom stereocenters. The van der Waals surface area contributed by atoms with Crippen LogP contribution in [0, 0.1) is 0 Å². The molecular formula is C18H18ClNO5S. The predicted octanol–water partition coefficient (Wildman–Crippen LogP) is 3.50. The number of anilines is 1. The summed E-state index contributed by atoms with van der Waals surface area (Å²) in [5, 5.41) is 0.316. The lowest BCUT2D eigenvalue weighted by molar-refractivity contribution is 0.171. The van der Waals surface area contributed by atoms with Crippen molar-refractivity contribution in [1.29, 1.82) is 0 Å². The van der Waals surface area contributed by atoms with E-state index in [2.05, 4.69) is 6.58 Å². The van der Waals surface area contributed by atoms with Crippen LogP contribution in [0.5, 0.6) is 17.2 Å². The summed E-state index contributed by atoms with van der Waals surface area (Å²) in [7, 11) is -2.36. The van der Waals surface area contributed by atoms with Crippen LogP contribution in [0.2, 0.25) is 5.02 Å². The Morgan fingerprint density at radius 3 is 2.58 bits per heavy atom. The Kier molecular flexibility index (Phi) is 5.29. The van der Waals surface area contributed by atoms with Gasteiger partial charge in [-0.05, 0) is 30.3 Å². The number of rotatable bonds is 6. The van der Waals surface area contributed by atoms with Crippen molar-refractivity contribution in [2.75, 3.05) is 31.2 Å². The van der Waals surface area contributed by atoms with Crippen molar-refractivity contribution in [2.24, 2.45) is 0 Å². The number of sulfonamides is 1. The average Bonchev–Trinajstić information content (AvgIpc) is 2.65. The molecule has 2 aromatic rings. The third-order valence-electron chi connectivity index (χ3n) is 3.82. The van der Waals surface area contributed by atoms with Gasteiger partial charge in [0.25, 0.3) is 10.0 Å². The van der Waals surface area contributed by atoms with Crippen molar-refractivity contribution in [2.45, 2.75) is 4.90 Å². The number of fused-ring (bicyclic) bond motifs is 1. The summed E-state index contributed by atoms with van der Waals surface area (Å²) < 4.78 is 43.6. The molecule has 8 heteroatoms. The zero-order valence-electron chi connectivity index (χ0n) is 14.1. The second-order valence-electron chi connectivity index (χ2n) is 5.45. The maximum Gasteiger partial charge on any atom is 0.264 e. The molecule has 0 spiro atoms. The molecule has 0 radical (unpaired) electrons. The smallest absolute Gasteiger partial charge is 0.264 e. The number of hydrogen-bond donors (Lipinski definition) is 0. The van der Waals surface area contributed by atoms with E-state index >= 15 is 0 Å². The molecule has 0 aromatic heterocycles. The largest absolute Gasteiger partial charge is 0.495 e. The highest BCUT2D eigenvalue weighted by Crippen LogP contribution is 2.35. The molecule has 0 amide bonds. The standard InChI is InChI=1S/C18H18ClNO5S/c1-3-8-20(13-4-6-16(23-2)15(19)11-13)26(21,22)14-5-7-17-18(12-14)25-10-9-24-17/h3-7,11-12H,1,8-10H2,2H3. The van der Waals surface area contributed by atoms with Gasteiger partial charge >= 0.3 is 0 Å². The fourth-order valence-electron chi connectivity index (χ4n) is 2.58. The van der Waals surface area contributed by atoms with Crippen LogP contribution in [-0.4, -0.2) is 35.3 Å². The number of ether oxygens (including phenoxy) is 3. The van der Waals surface area contributed by atoms with Gasteiger partial charge in [-0.3, -0.25) is 4.31 Å². The maximum absolute atomic E-state index is 13.2. The Hall–Kier alpha value is -2.38. The molecule has 1 heterocycles. The van der Waals surface area contributed by atoms with Crippen LogP contribution in [0.3, 0.4) is 0 Å². The fourth-order valence-corrected chi connectivity index (χ4v) is 4.28. The van der Waals surface area contributed by atoms with E-state index < -0.39 is 10.0 Å². The van der Waals surface area contributed by atoms with Gasteiger partial charge in [-0.2, -0.15) is 0 Å². The van der Waals surface area contributed by atoms with E-state index in [0.717, 1.165) is 0 Å². The molecule has 26 heavy (non-hydrogen) atoms. The summed E-state index contributed by atoms with van der Waals surface area (Å²) in [5.41, 5.74) is 0.408. The van der Waals surface area contributed by atoms with Crippen LogP contribution in [0.25, 0.3) is 0 Å². The van der Waals surface area contributed by atoms with Gasteiger partial charge in [0.1, 0.15) is 19.0 Å². The highest BCUT2D eigenvalue weighted by molar-refractivity contribution is 7.92. The number of nitrogens with zero attached hydrogens (tertiary/aromatic N) is 1. The summed E-state index contributed by atoms with van der Waals surface area (Å²) in [6.07, 6.45) is 1.51. The van der Waals surface area contributed by atoms with Crippen molar-refractivity contribution in [3.8, 4) is 17.2 Å². The predicted molar refractivity (Wildman–Crippen MR) is 100 cm³/mol. The van der Waals surface area contributed by atoms with Crippen LogP contribution in [0.1, 0.15) is 0 Å². The third-order valence-corrected chi connectivity index (χ3v) is 5.91. The molecular weight excluding hydrogens is 378 g/mol. The lowest BCUT2D eigenvalue weighted by atomic mass is 10.3. The average molecular weight is 396 g/mol. The number of benzene rings is 2. The van der Waals surface area contributed by atoms with Crippen LogP contribution >= 0.6 is 11.6 Å².